The molecule has 756 valence electrons. The average Bonchev–Trinajstić information content (AvgIpc) is 1.25. The maximum Gasteiger partial charge on any atom is 0.302 e. The molecule has 42 heteroatoms. The molecule has 6 fully saturated rings. The summed E-state index contributed by atoms with van der Waals surface area (Å²) >= 11 is 0. The smallest absolute Gasteiger partial charge is 0.302 e. The Labute approximate surface area is 936 Å². The lowest BCUT2D eigenvalue weighted by Crippen LogP contribution is -2.53. The number of hydrogen-bond donors (Lipinski definition) is 6. The lowest BCUT2D eigenvalue weighted by Gasteiger charge is -2.41. The number of aromatic amines is 6. The standard InChI is InChI=1S/6C17H22N6O/c6*1-11-5-6-23(15(24)8-18-3)9-14(11)22(4)17-13-7-12(2)21-16(13)19-10-20-17/h6*7,10-11,14H,5-6,8-9H2,1-2,4H3,(H,19,20,21)/t6*11-,14+/m111111/s1/i1D3,4D3,5D2,6D2,7D,9D2,11D,14D;1D3,5D2,6D2,7D,9D2,11D,14D;1D3,5D2,6D2,7D,9D2,14D;1D3,5D2,6D2,7D,9D2,11D;2*1D3,5D2,6D2,7D,9D2. The predicted octanol–water partition coefficient (Wildman–Crippen LogP) is 11.2. The molecule has 0 aliphatic carbocycles. The average molecular weight is 2030 g/mol. The molecule has 6 saturated heterocycles. The summed E-state index contributed by atoms with van der Waals surface area (Å²) in [5.74, 6) is -29.8. The molecule has 0 spiro atoms. The Morgan fingerprint density at radius 2 is 0.535 bits per heavy atom. The van der Waals surface area contributed by atoms with Gasteiger partial charge in [-0.3, -0.25) is 28.8 Å². The number of rotatable bonds is 18. The summed E-state index contributed by atoms with van der Waals surface area (Å²) in [6.07, 6.45) is -15.8. The number of likely N-dealkylation sites (N-methyl/N-ethyl adjacent to an activating group) is 6. The highest BCUT2D eigenvalue weighted by atomic mass is 16.2. The Morgan fingerprint density at radius 1 is 0.312 bits per heavy atom. The molecule has 6 amide bonds. The van der Waals surface area contributed by atoms with E-state index in [1.807, 2.05) is 0 Å². The number of fused-ring (bicyclic) bond motifs is 6. The van der Waals surface area contributed by atoms with Crippen LogP contribution in [0, 0.1) is 116 Å². The highest BCUT2D eigenvalue weighted by Crippen LogP contribution is 2.38. The zero-order valence-corrected chi connectivity index (χ0v) is 77.5. The SMILES string of the molecule is [2H]c1c(C)[nH]c2ncnc(N(C([2H])([2H])[2H])[C@@]3([2H])C([2H])([2H])N(C(=O)C[N+]#[C-])C([2H])([2H])C([2H])([2H])[C@@]3([2H])C([2H])([2H])[2H])c12.[2H]c1c(C)[nH]c2ncnc(N(C)[C@@H]3[C@H](C([2H])([2H])[2H])C([2H])([2H])C([2H])([2H])N(C(=O)C[N+]#[C-])C3([2H])[2H])c12.[2H]c1c(C)[nH]c2ncnc(N(C)[C@@H]3[C@H](C([2H])([2H])[2H])C([2H])([2H])C([2H])([2H])N(C(=O)C[N+]#[C-])C3([2H])[2H])c12.[2H]c1c(C)[nH]c2ncnc(N(C)[C@@]3([2H])C([2H])([2H])N(C(=O)C[N+]#[C-])C([2H])([2H])C([2H])([2H])[C@@]3([2H])C([2H])([2H])[2H])c12.[2H]c1c(C)[nH]c2ncnc(N(C)[C@H]3C([2H])([2H])N(C(=O)C[N+]#[C-])C([2H])([2H])C([2H])([2H])[C@@]3([2H])C([2H])([2H])[2H])c12.[2H]c1c(C)[nH]c2ncnc(N(C)[C@]3([2H])[C@H](C([2H])([2H])[2H])C([2H])([2H])C([2H])([2H])N(C(=O)C[N+]#[C-])C3([2H])[2H])c12. The Hall–Kier alpha value is -15.7. The van der Waals surface area contributed by atoms with Crippen LogP contribution in [0.5, 0.6) is 0 Å². The maximum absolute atomic E-state index is 12.9. The molecule has 12 atom stereocenters. The van der Waals surface area contributed by atoms with Crippen molar-refractivity contribution in [1.29, 1.82) is 0 Å². The summed E-state index contributed by atoms with van der Waals surface area (Å²) in [7, 11) is 5.59. The first-order chi connectivity index (χ1) is 96.0. The van der Waals surface area contributed by atoms with Crippen LogP contribution in [0.1, 0.15) is 208 Å². The molecule has 42 nitrogen and oxygen atoms in total. The highest BCUT2D eigenvalue weighted by molar-refractivity contribution is 5.94. The molecule has 12 aromatic rings. The number of aryl methyl sites for hydroxylation is 6. The molecule has 6 aliphatic heterocycles. The molecule has 0 unspecified atom stereocenters. The van der Waals surface area contributed by atoms with Crippen LogP contribution in [0.15, 0.2) is 74.2 Å². The third kappa shape index (κ3) is 24.5. The van der Waals surface area contributed by atoms with E-state index in [0.29, 0.717) is 38.3 Å². The molecule has 0 radical (unpaired) electrons. The van der Waals surface area contributed by atoms with Crippen LogP contribution in [0.2, 0.25) is 0 Å². The molecule has 12 aromatic heterocycles. The van der Waals surface area contributed by atoms with Gasteiger partial charge in [0.2, 0.25) is 0 Å². The zero-order chi connectivity index (χ0) is 164. The van der Waals surface area contributed by atoms with Gasteiger partial charge < -0.3 is 118 Å². The van der Waals surface area contributed by atoms with E-state index in [0.717, 1.165) is 73.8 Å². The number of anilines is 6. The number of H-pyrrole nitrogens is 6. The van der Waals surface area contributed by atoms with Gasteiger partial charge in [-0.05, 0) is 151 Å². The molecule has 6 N–H and O–H groups in total. The molecular formula is C102H132N36O6. The number of likely N-dealkylation sites (tertiary alicyclic amines) is 6. The van der Waals surface area contributed by atoms with Gasteiger partial charge in [-0.2, -0.15) is 0 Å². The second-order valence-corrected chi connectivity index (χ2v) is 30.5. The summed E-state index contributed by atoms with van der Waals surface area (Å²) in [6.45, 7) is -23.4. The van der Waals surface area contributed by atoms with Crippen molar-refractivity contribution < 1.29 is 123 Å². The Bertz CT molecular complexity index is 10200. The summed E-state index contributed by atoms with van der Waals surface area (Å²) < 4.78 is 579. The van der Waals surface area contributed by atoms with Gasteiger partial charge in [0.15, 0.2) is 0 Å². The fourth-order valence-corrected chi connectivity index (χ4v) is 13.7. The number of nitrogens with one attached hydrogen (secondary N) is 6. The molecule has 6 aliphatic rings. The van der Waals surface area contributed by atoms with Gasteiger partial charge in [-0.15, -0.1) is 0 Å². The number of hydrogen-bond acceptors (Lipinski definition) is 24. The number of nitrogens with zero attached hydrogens (tertiary/aromatic N) is 30. The molecule has 18 heterocycles. The molecular weight excluding hydrogens is 1830 g/mol. The first-order valence-corrected chi connectivity index (χ1v) is 41.7. The van der Waals surface area contributed by atoms with Gasteiger partial charge in [0.25, 0.3) is 39.3 Å². The second kappa shape index (κ2) is 47.7. The minimum absolute atomic E-state index is 0.00704. The molecule has 0 aromatic carbocycles. The summed E-state index contributed by atoms with van der Waals surface area (Å²) in [5.41, 5.74) is 2.45. The monoisotopic (exact) mass is 2030 g/mol. The van der Waals surface area contributed by atoms with Gasteiger partial charge in [-0.1, -0.05) is 41.1 Å². The van der Waals surface area contributed by atoms with Crippen LogP contribution in [0.25, 0.3) is 95.3 Å². The van der Waals surface area contributed by atoms with E-state index in [4.69, 9.17) is 130 Å². The first-order valence-electron chi connectivity index (χ1n) is 76.2. The van der Waals surface area contributed by atoms with Crippen molar-refractivity contribution in [3.05, 3.63) is 177 Å². The maximum atomic E-state index is 12.9. The number of amides is 6. The summed E-state index contributed by atoms with van der Waals surface area (Å²) in [6, 6.07) is -18.4. The van der Waals surface area contributed by atoms with Gasteiger partial charge >= 0.3 is 35.4 Å². The van der Waals surface area contributed by atoms with Crippen LogP contribution in [0.4, 0.5) is 34.9 Å². The molecule has 0 bridgehead atoms. The third-order valence-corrected chi connectivity index (χ3v) is 20.4. The van der Waals surface area contributed by atoms with Crippen molar-refractivity contribution in [2.45, 2.75) is 157 Å². The normalized spacial score (nSPS) is 37.9. The predicted molar refractivity (Wildman–Crippen MR) is 556 cm³/mol. The number of carbonyl (C=O) groups is 6. The highest BCUT2D eigenvalue weighted by Gasteiger charge is 2.41. The molecule has 144 heavy (non-hydrogen) atoms. The van der Waals surface area contributed by atoms with Crippen LogP contribution in [-0.2, 0) is 28.8 Å². The van der Waals surface area contributed by atoms with E-state index in [1.54, 1.807) is 27.7 Å². The van der Waals surface area contributed by atoms with Crippen molar-refractivity contribution >= 4 is 137 Å². The van der Waals surface area contributed by atoms with Crippen LogP contribution in [-0.4, -0.2) is 350 Å². The quantitative estimate of drug-likeness (QED) is 0.0435. The topological polar surface area (TPSA) is 417 Å². The molecule has 18 rings (SSSR count). The van der Waals surface area contributed by atoms with Gasteiger partial charge in [-0.25, -0.2) is 99.2 Å². The largest absolute Gasteiger partial charge is 0.354 e. The van der Waals surface area contributed by atoms with E-state index >= 15 is 0 Å². The third-order valence-electron chi connectivity index (χ3n) is 20.4. The first kappa shape index (κ1) is 47.4. The van der Waals surface area contributed by atoms with Crippen molar-refractivity contribution in [3.8, 4) is 0 Å². The van der Waals surface area contributed by atoms with Crippen molar-refractivity contribution in [2.75, 3.05) is 189 Å². The van der Waals surface area contributed by atoms with Crippen LogP contribution in [0.3, 0.4) is 0 Å². The summed E-state index contributed by atoms with van der Waals surface area (Å²) in [4.78, 5) is 161. The van der Waals surface area contributed by atoms with Crippen molar-refractivity contribution in [2.24, 2.45) is 35.4 Å². The second-order valence-electron chi connectivity index (χ2n) is 30.5. The summed E-state index contributed by atoms with van der Waals surface area (Å²) in [5, 5.41) is -0.279. The number of carbonyl (C=O) groups excluding carboxylic acids is 6. The Morgan fingerprint density at radius 3 is 0.806 bits per heavy atom. The lowest BCUT2D eigenvalue weighted by atomic mass is 9.92. The van der Waals surface area contributed by atoms with E-state index in [2.05, 4.69) is 119 Å². The lowest BCUT2D eigenvalue weighted by molar-refractivity contribution is -0.131. The van der Waals surface area contributed by atoms with Crippen molar-refractivity contribution in [1.82, 2.24) is 119 Å². The molecule has 0 saturated carbocycles. The van der Waals surface area contributed by atoms with Crippen LogP contribution < -0.4 is 29.4 Å². The van der Waals surface area contributed by atoms with E-state index in [-0.39, 0.29) is 149 Å². The van der Waals surface area contributed by atoms with Gasteiger partial charge in [0.1, 0.15) is 107 Å². The number of aromatic nitrogens is 18. The van der Waals surface area contributed by atoms with Crippen LogP contribution >= 0.6 is 0 Å². The van der Waals surface area contributed by atoms with E-state index < -0.39 is 339 Å². The Kier molecular flexibility index (Phi) is 15.7. The fourth-order valence-electron chi connectivity index (χ4n) is 13.7. The fraction of sp³-hybridized carbons (Fsp3) is 0.529. The van der Waals surface area contributed by atoms with E-state index in [9.17, 15) is 32.9 Å². The van der Waals surface area contributed by atoms with E-state index in [1.165, 1.54) is 27.9 Å². The zero-order valence-electron chi connectivity index (χ0n) is 147. The Balaban J connectivity index is 0.000000204. The van der Waals surface area contributed by atoms with Crippen molar-refractivity contribution in [3.63, 3.8) is 0 Å². The minimum atomic E-state index is -4.30. The van der Waals surface area contributed by atoms with Gasteiger partial charge in [0, 0.05) is 220 Å². The minimum Gasteiger partial charge on any atom is -0.354 e. The number of piperidine rings is 6. The van der Waals surface area contributed by atoms with Gasteiger partial charge in [0.05, 0.1) is 97.3 Å².